The monoisotopic (exact) mass is 200 g/mol. The van der Waals surface area contributed by atoms with Gasteiger partial charge in [0.15, 0.2) is 0 Å². The summed E-state index contributed by atoms with van der Waals surface area (Å²) in [6.45, 7) is 7.21. The van der Waals surface area contributed by atoms with Crippen molar-refractivity contribution in [2.45, 2.75) is 38.8 Å². The minimum absolute atomic E-state index is 0.199. The highest BCUT2D eigenvalue weighted by atomic mass is 16.3. The fourth-order valence-electron chi connectivity index (χ4n) is 1.74. The second-order valence-electron chi connectivity index (χ2n) is 4.80. The van der Waals surface area contributed by atoms with Crippen molar-refractivity contribution in [3.05, 3.63) is 0 Å². The Bertz CT molecular complexity index is 153. The summed E-state index contributed by atoms with van der Waals surface area (Å²) in [6.07, 6.45) is 2.22. The van der Waals surface area contributed by atoms with Crippen molar-refractivity contribution in [2.24, 2.45) is 5.92 Å². The first-order valence-electron chi connectivity index (χ1n) is 5.69. The van der Waals surface area contributed by atoms with Gasteiger partial charge >= 0.3 is 0 Å². The molecule has 1 saturated heterocycles. The van der Waals surface area contributed by atoms with Crippen molar-refractivity contribution >= 4 is 0 Å². The molecule has 0 bridgehead atoms. The number of hydrogen-bond donors (Lipinski definition) is 2. The van der Waals surface area contributed by atoms with Gasteiger partial charge in [0.1, 0.15) is 0 Å². The first-order valence-corrected chi connectivity index (χ1v) is 5.69. The second-order valence-corrected chi connectivity index (χ2v) is 4.80. The molecule has 0 aromatic carbocycles. The fourth-order valence-corrected chi connectivity index (χ4v) is 1.74. The summed E-state index contributed by atoms with van der Waals surface area (Å²) < 4.78 is 0. The van der Waals surface area contributed by atoms with Crippen molar-refractivity contribution in [1.29, 1.82) is 0 Å². The van der Waals surface area contributed by atoms with E-state index in [9.17, 15) is 5.11 Å². The lowest BCUT2D eigenvalue weighted by atomic mass is 10.0. The van der Waals surface area contributed by atoms with Gasteiger partial charge in [-0.05, 0) is 38.9 Å². The third-order valence-corrected chi connectivity index (χ3v) is 3.10. The van der Waals surface area contributed by atoms with Gasteiger partial charge in [-0.3, -0.25) is 0 Å². The van der Waals surface area contributed by atoms with E-state index in [0.29, 0.717) is 12.0 Å². The van der Waals surface area contributed by atoms with Gasteiger partial charge in [0, 0.05) is 12.6 Å². The molecule has 1 unspecified atom stereocenters. The zero-order valence-electron chi connectivity index (χ0n) is 9.66. The van der Waals surface area contributed by atoms with Gasteiger partial charge in [0.25, 0.3) is 0 Å². The number of hydrogen-bond acceptors (Lipinski definition) is 3. The van der Waals surface area contributed by atoms with Crippen molar-refractivity contribution < 1.29 is 5.11 Å². The van der Waals surface area contributed by atoms with Crippen LogP contribution in [-0.4, -0.2) is 48.8 Å². The summed E-state index contributed by atoms with van der Waals surface area (Å²) in [6, 6.07) is 0.611. The Balaban J connectivity index is 2.13. The molecule has 0 spiro atoms. The lowest BCUT2D eigenvalue weighted by Crippen LogP contribution is -2.44. The van der Waals surface area contributed by atoms with E-state index in [4.69, 9.17) is 0 Å². The maximum absolute atomic E-state index is 9.64. The third-order valence-electron chi connectivity index (χ3n) is 3.10. The Hall–Kier alpha value is -0.120. The molecule has 84 valence electrons. The highest BCUT2D eigenvalue weighted by Crippen LogP contribution is 2.08. The Morgan fingerprint density at radius 3 is 2.43 bits per heavy atom. The molecule has 1 aliphatic heterocycles. The Kier molecular flexibility index (Phi) is 4.85. The highest BCUT2D eigenvalue weighted by Gasteiger charge is 2.17. The zero-order valence-corrected chi connectivity index (χ0v) is 9.66. The smallest absolute Gasteiger partial charge is 0.0687 e. The van der Waals surface area contributed by atoms with Crippen LogP contribution in [0.25, 0.3) is 0 Å². The molecule has 0 amide bonds. The molecule has 0 aliphatic carbocycles. The predicted octanol–water partition coefficient (Wildman–Crippen LogP) is 0.687. The largest absolute Gasteiger partial charge is 0.392 e. The van der Waals surface area contributed by atoms with E-state index >= 15 is 0 Å². The lowest BCUT2D eigenvalue weighted by molar-refractivity contribution is 0.114. The highest BCUT2D eigenvalue weighted by molar-refractivity contribution is 4.77. The second kappa shape index (κ2) is 5.69. The fraction of sp³-hybridized carbons (Fsp3) is 1.00. The molecule has 0 aromatic heterocycles. The summed E-state index contributed by atoms with van der Waals surface area (Å²) >= 11 is 0. The van der Waals surface area contributed by atoms with Crippen LogP contribution in [-0.2, 0) is 0 Å². The van der Waals surface area contributed by atoms with E-state index in [2.05, 4.69) is 31.1 Å². The maximum atomic E-state index is 9.64. The van der Waals surface area contributed by atoms with E-state index < -0.39 is 0 Å². The SMILES string of the molecule is CC(C)C(O)CNC1CCN(C)CC1. The molecule has 1 rings (SSSR count). The number of rotatable bonds is 4. The molecule has 1 aliphatic rings. The van der Waals surface area contributed by atoms with Crippen LogP contribution < -0.4 is 5.32 Å². The summed E-state index contributed by atoms with van der Waals surface area (Å²) in [5.41, 5.74) is 0. The van der Waals surface area contributed by atoms with E-state index in [1.165, 1.54) is 25.9 Å². The summed E-state index contributed by atoms with van der Waals surface area (Å²) in [4.78, 5) is 2.36. The van der Waals surface area contributed by atoms with Gasteiger partial charge in [0.05, 0.1) is 6.10 Å². The number of nitrogens with one attached hydrogen (secondary N) is 1. The van der Waals surface area contributed by atoms with Crippen LogP contribution in [0.4, 0.5) is 0 Å². The first-order chi connectivity index (χ1) is 6.59. The molecule has 1 fully saturated rings. The zero-order chi connectivity index (χ0) is 10.6. The molecule has 0 radical (unpaired) electrons. The molecule has 14 heavy (non-hydrogen) atoms. The van der Waals surface area contributed by atoms with Gasteiger partial charge in [-0.2, -0.15) is 0 Å². The molecule has 0 saturated carbocycles. The lowest BCUT2D eigenvalue weighted by Gasteiger charge is -2.30. The van der Waals surface area contributed by atoms with Crippen LogP contribution in [0.1, 0.15) is 26.7 Å². The van der Waals surface area contributed by atoms with Crippen molar-refractivity contribution in [3.63, 3.8) is 0 Å². The maximum Gasteiger partial charge on any atom is 0.0687 e. The molecule has 3 nitrogen and oxygen atoms in total. The van der Waals surface area contributed by atoms with Gasteiger partial charge in [-0.15, -0.1) is 0 Å². The topological polar surface area (TPSA) is 35.5 Å². The van der Waals surface area contributed by atoms with Crippen molar-refractivity contribution in [1.82, 2.24) is 10.2 Å². The summed E-state index contributed by atoms with van der Waals surface area (Å²) in [5, 5.41) is 13.1. The average Bonchev–Trinajstić information content (AvgIpc) is 2.16. The Morgan fingerprint density at radius 2 is 1.93 bits per heavy atom. The summed E-state index contributed by atoms with van der Waals surface area (Å²) in [7, 11) is 2.17. The number of aliphatic hydroxyl groups is 1. The van der Waals surface area contributed by atoms with E-state index in [1.54, 1.807) is 0 Å². The Labute approximate surface area is 87.5 Å². The molecule has 0 aromatic rings. The van der Waals surface area contributed by atoms with E-state index in [-0.39, 0.29) is 6.10 Å². The van der Waals surface area contributed by atoms with E-state index in [0.717, 1.165) is 6.54 Å². The number of aliphatic hydroxyl groups excluding tert-OH is 1. The normalized spacial score (nSPS) is 22.9. The predicted molar refractivity (Wildman–Crippen MR) is 59.4 cm³/mol. The first kappa shape index (κ1) is 12.0. The standard InChI is InChI=1S/C11H24N2O/c1-9(2)11(14)8-12-10-4-6-13(3)7-5-10/h9-12,14H,4-8H2,1-3H3. The van der Waals surface area contributed by atoms with Gasteiger partial charge < -0.3 is 15.3 Å². The van der Waals surface area contributed by atoms with Gasteiger partial charge in [0.2, 0.25) is 0 Å². The van der Waals surface area contributed by atoms with Crippen LogP contribution in [0, 0.1) is 5.92 Å². The van der Waals surface area contributed by atoms with Crippen LogP contribution in [0.15, 0.2) is 0 Å². The quantitative estimate of drug-likeness (QED) is 0.701. The average molecular weight is 200 g/mol. The minimum Gasteiger partial charge on any atom is -0.392 e. The minimum atomic E-state index is -0.199. The van der Waals surface area contributed by atoms with Crippen LogP contribution in [0.2, 0.25) is 0 Å². The van der Waals surface area contributed by atoms with Crippen LogP contribution in [0.5, 0.6) is 0 Å². The van der Waals surface area contributed by atoms with E-state index in [1.807, 2.05) is 0 Å². The molecule has 1 heterocycles. The van der Waals surface area contributed by atoms with Gasteiger partial charge in [-0.25, -0.2) is 0 Å². The van der Waals surface area contributed by atoms with Crippen LogP contribution in [0.3, 0.4) is 0 Å². The van der Waals surface area contributed by atoms with Gasteiger partial charge in [-0.1, -0.05) is 13.8 Å². The molecular weight excluding hydrogens is 176 g/mol. The molecule has 2 N–H and O–H groups in total. The molecule has 1 atom stereocenters. The molecule has 3 heteroatoms. The van der Waals surface area contributed by atoms with Crippen molar-refractivity contribution in [2.75, 3.05) is 26.7 Å². The number of nitrogens with zero attached hydrogens (tertiary/aromatic N) is 1. The number of likely N-dealkylation sites (tertiary alicyclic amines) is 1. The Morgan fingerprint density at radius 1 is 1.36 bits per heavy atom. The van der Waals surface area contributed by atoms with Crippen molar-refractivity contribution in [3.8, 4) is 0 Å². The molecular formula is C11H24N2O. The number of piperidine rings is 1. The summed E-state index contributed by atoms with van der Waals surface area (Å²) in [5.74, 6) is 0.355. The van der Waals surface area contributed by atoms with Crippen LogP contribution >= 0.6 is 0 Å². The third kappa shape index (κ3) is 3.95.